The molecule has 0 aromatic heterocycles. The average molecular weight is 366 g/mol. The molecule has 0 saturated heterocycles. The molecule has 2 atom stereocenters. The van der Waals surface area contributed by atoms with Gasteiger partial charge in [-0.05, 0) is 48.7 Å². The van der Waals surface area contributed by atoms with Crippen LogP contribution in [0.1, 0.15) is 29.7 Å². The van der Waals surface area contributed by atoms with E-state index >= 15 is 0 Å². The second-order valence-electron chi connectivity index (χ2n) is 6.60. The first-order valence-electron chi connectivity index (χ1n) is 8.90. The summed E-state index contributed by atoms with van der Waals surface area (Å²) < 4.78 is 21.8. The number of benzene rings is 2. The van der Waals surface area contributed by atoms with E-state index < -0.39 is 0 Å². The highest BCUT2D eigenvalue weighted by molar-refractivity contribution is 5.61. The zero-order chi connectivity index (χ0) is 18.8. The van der Waals surface area contributed by atoms with E-state index in [0.29, 0.717) is 0 Å². The lowest BCUT2D eigenvalue weighted by molar-refractivity contribution is 0.174. The number of azo groups is 1. The molecule has 2 unspecified atom stereocenters. The zero-order valence-electron chi connectivity index (χ0n) is 15.6. The smallest absolute Gasteiger partial charge is 0.231 e. The van der Waals surface area contributed by atoms with Crippen LogP contribution in [0.5, 0.6) is 23.0 Å². The fourth-order valence-electron chi connectivity index (χ4n) is 3.35. The number of rotatable bonds is 4. The minimum absolute atomic E-state index is 0.123. The van der Waals surface area contributed by atoms with Crippen molar-refractivity contribution in [1.82, 2.24) is 0 Å². The monoisotopic (exact) mass is 366 g/mol. The second kappa shape index (κ2) is 7.31. The molecule has 0 fully saturated rings. The van der Waals surface area contributed by atoms with Gasteiger partial charge >= 0.3 is 0 Å². The topological polar surface area (TPSA) is 61.6 Å². The second-order valence-corrected chi connectivity index (χ2v) is 6.60. The molecule has 2 aliphatic rings. The van der Waals surface area contributed by atoms with Crippen LogP contribution in [0.15, 0.2) is 46.6 Å². The summed E-state index contributed by atoms with van der Waals surface area (Å²) in [7, 11) is 3.29. The first-order chi connectivity index (χ1) is 13.2. The molecule has 2 aliphatic heterocycles. The minimum Gasteiger partial charge on any atom is -0.497 e. The summed E-state index contributed by atoms with van der Waals surface area (Å²) >= 11 is 0. The number of ether oxygens (including phenoxy) is 4. The highest BCUT2D eigenvalue weighted by Gasteiger charge is 2.24. The van der Waals surface area contributed by atoms with Gasteiger partial charge in [-0.15, -0.1) is 0 Å². The standard InChI is InChI=1S/C21H22N2O4/c1-13-8-15-9-20-21(27-12-26-20)11-17(15)18(23-22-13)7-5-14-4-6-16(24-2)10-19(14)25-3/h4-7,9-11,13,18H,8,12H2,1-3H3. The molecular weight excluding hydrogens is 344 g/mol. The van der Waals surface area contributed by atoms with Crippen molar-refractivity contribution in [3.63, 3.8) is 0 Å². The molecule has 4 rings (SSSR count). The van der Waals surface area contributed by atoms with Crippen LogP contribution in [0, 0.1) is 0 Å². The molecule has 0 N–H and O–H groups in total. The first-order valence-corrected chi connectivity index (χ1v) is 8.90. The number of hydrogen-bond donors (Lipinski definition) is 0. The highest BCUT2D eigenvalue weighted by Crippen LogP contribution is 2.40. The van der Waals surface area contributed by atoms with Crippen molar-refractivity contribution in [2.45, 2.75) is 25.4 Å². The van der Waals surface area contributed by atoms with Crippen molar-refractivity contribution in [2.75, 3.05) is 21.0 Å². The van der Waals surface area contributed by atoms with E-state index in [4.69, 9.17) is 18.9 Å². The third kappa shape index (κ3) is 3.47. The van der Waals surface area contributed by atoms with Gasteiger partial charge in [0.25, 0.3) is 0 Å². The van der Waals surface area contributed by atoms with Crippen LogP contribution in [0.25, 0.3) is 6.08 Å². The van der Waals surface area contributed by atoms with Crippen molar-refractivity contribution in [3.05, 3.63) is 53.1 Å². The predicted octanol–water partition coefficient (Wildman–Crippen LogP) is 4.58. The number of methoxy groups -OCH3 is 2. The first kappa shape index (κ1) is 17.4. The Morgan fingerprint density at radius 3 is 2.63 bits per heavy atom. The molecule has 6 heteroatoms. The van der Waals surface area contributed by atoms with Crippen LogP contribution in [-0.2, 0) is 6.42 Å². The normalized spacial score (nSPS) is 20.4. The third-order valence-corrected chi connectivity index (χ3v) is 4.76. The number of hydrogen-bond acceptors (Lipinski definition) is 6. The quantitative estimate of drug-likeness (QED) is 0.794. The van der Waals surface area contributed by atoms with Crippen LogP contribution in [-0.4, -0.2) is 27.1 Å². The third-order valence-electron chi connectivity index (χ3n) is 4.76. The summed E-state index contributed by atoms with van der Waals surface area (Å²) in [5, 5.41) is 9.00. The maximum Gasteiger partial charge on any atom is 0.231 e. The summed E-state index contributed by atoms with van der Waals surface area (Å²) in [5.74, 6) is 3.06. The van der Waals surface area contributed by atoms with E-state index in [0.717, 1.165) is 40.5 Å². The predicted molar refractivity (Wildman–Crippen MR) is 102 cm³/mol. The molecule has 2 aromatic carbocycles. The van der Waals surface area contributed by atoms with Gasteiger partial charge in [0, 0.05) is 11.6 Å². The van der Waals surface area contributed by atoms with E-state index in [9.17, 15) is 0 Å². The van der Waals surface area contributed by atoms with Gasteiger partial charge < -0.3 is 18.9 Å². The van der Waals surface area contributed by atoms with Crippen molar-refractivity contribution in [3.8, 4) is 23.0 Å². The Kier molecular flexibility index (Phi) is 4.71. The Bertz CT molecular complexity index is 907. The Hall–Kier alpha value is -3.02. The lowest BCUT2D eigenvalue weighted by Crippen LogP contribution is -2.02. The number of nitrogens with zero attached hydrogens (tertiary/aromatic N) is 2. The summed E-state index contributed by atoms with van der Waals surface area (Å²) in [6, 6.07) is 9.75. The molecule has 0 spiro atoms. The summed E-state index contributed by atoms with van der Waals surface area (Å²) in [4.78, 5) is 0. The fourth-order valence-corrected chi connectivity index (χ4v) is 3.35. The van der Waals surface area contributed by atoms with Crippen LogP contribution in [0.4, 0.5) is 0 Å². The molecule has 2 heterocycles. The molecule has 2 aromatic rings. The molecular formula is C21H22N2O4. The zero-order valence-corrected chi connectivity index (χ0v) is 15.6. The van der Waals surface area contributed by atoms with E-state index in [1.807, 2.05) is 36.4 Å². The van der Waals surface area contributed by atoms with Gasteiger partial charge in [0.2, 0.25) is 6.79 Å². The summed E-state index contributed by atoms with van der Waals surface area (Å²) in [5.41, 5.74) is 3.23. The Balaban J connectivity index is 1.70. The lowest BCUT2D eigenvalue weighted by atomic mass is 9.95. The van der Waals surface area contributed by atoms with Crippen molar-refractivity contribution >= 4 is 6.08 Å². The van der Waals surface area contributed by atoms with Crippen LogP contribution >= 0.6 is 0 Å². The van der Waals surface area contributed by atoms with Crippen molar-refractivity contribution in [2.24, 2.45) is 10.2 Å². The van der Waals surface area contributed by atoms with E-state index in [1.54, 1.807) is 14.2 Å². The van der Waals surface area contributed by atoms with Crippen molar-refractivity contribution in [1.29, 1.82) is 0 Å². The van der Waals surface area contributed by atoms with Crippen molar-refractivity contribution < 1.29 is 18.9 Å². The van der Waals surface area contributed by atoms with Gasteiger partial charge in [-0.1, -0.05) is 12.2 Å². The van der Waals surface area contributed by atoms with Gasteiger partial charge in [0.15, 0.2) is 11.5 Å². The highest BCUT2D eigenvalue weighted by atomic mass is 16.7. The van der Waals surface area contributed by atoms with Crippen LogP contribution in [0.2, 0.25) is 0 Å². The van der Waals surface area contributed by atoms with E-state index in [-0.39, 0.29) is 18.9 Å². The van der Waals surface area contributed by atoms with Gasteiger partial charge in [-0.25, -0.2) is 0 Å². The van der Waals surface area contributed by atoms with E-state index in [1.165, 1.54) is 5.56 Å². The molecule has 140 valence electrons. The molecule has 6 nitrogen and oxygen atoms in total. The molecule has 27 heavy (non-hydrogen) atoms. The molecule has 0 saturated carbocycles. The largest absolute Gasteiger partial charge is 0.497 e. The molecule has 0 radical (unpaired) electrons. The lowest BCUT2D eigenvalue weighted by Gasteiger charge is -2.12. The van der Waals surface area contributed by atoms with Crippen LogP contribution in [0.3, 0.4) is 0 Å². The number of fused-ring (bicyclic) bond motifs is 2. The maximum absolute atomic E-state index is 5.55. The molecule has 0 bridgehead atoms. The van der Waals surface area contributed by atoms with Gasteiger partial charge in [-0.2, -0.15) is 10.2 Å². The van der Waals surface area contributed by atoms with Gasteiger partial charge in [0.05, 0.1) is 20.3 Å². The SMILES string of the molecule is COc1ccc(C=CC2N=NC(C)Cc3cc4c(cc32)OCO4)c(OC)c1. The minimum atomic E-state index is -0.189. The van der Waals surface area contributed by atoms with Gasteiger partial charge in [-0.3, -0.25) is 0 Å². The maximum atomic E-state index is 5.55. The summed E-state index contributed by atoms with van der Waals surface area (Å²) in [6.45, 7) is 2.33. The average Bonchev–Trinajstić information content (AvgIpc) is 3.08. The van der Waals surface area contributed by atoms with E-state index in [2.05, 4.69) is 23.2 Å². The summed E-state index contributed by atoms with van der Waals surface area (Å²) in [6.07, 6.45) is 4.87. The fraction of sp³-hybridized carbons (Fsp3) is 0.333. The Morgan fingerprint density at radius 1 is 1.04 bits per heavy atom. The molecule has 0 aliphatic carbocycles. The van der Waals surface area contributed by atoms with Crippen LogP contribution < -0.4 is 18.9 Å². The Labute approximate surface area is 158 Å². The molecule has 0 amide bonds. The van der Waals surface area contributed by atoms with Gasteiger partial charge in [0.1, 0.15) is 17.5 Å². The Morgan fingerprint density at radius 2 is 1.85 bits per heavy atom.